The number of carbonyl (C=O) groups is 1. The Balaban J connectivity index is 2.39. The Labute approximate surface area is 112 Å². The molecule has 3 nitrogen and oxygen atoms in total. The van der Waals surface area contributed by atoms with Gasteiger partial charge in [0.2, 0.25) is 5.91 Å². The molecule has 0 aliphatic carbocycles. The molecule has 2 rings (SSSR count). The summed E-state index contributed by atoms with van der Waals surface area (Å²) in [5.41, 5.74) is 1.08. The van der Waals surface area contributed by atoms with E-state index in [-0.39, 0.29) is 12.5 Å². The first-order valence-corrected chi connectivity index (χ1v) is 6.42. The molecule has 1 aromatic carbocycles. The molecule has 0 bridgehead atoms. The van der Waals surface area contributed by atoms with Gasteiger partial charge in [0.15, 0.2) is 0 Å². The van der Waals surface area contributed by atoms with Crippen LogP contribution >= 0.6 is 0 Å². The van der Waals surface area contributed by atoms with Gasteiger partial charge in [-0.1, -0.05) is 18.3 Å². The maximum absolute atomic E-state index is 13.3. The van der Waals surface area contributed by atoms with Crippen molar-refractivity contribution in [3.63, 3.8) is 0 Å². The van der Waals surface area contributed by atoms with Gasteiger partial charge in [-0.25, -0.2) is 4.39 Å². The van der Waals surface area contributed by atoms with Gasteiger partial charge in [-0.3, -0.25) is 4.79 Å². The normalized spacial score (nSPS) is 15.7. The van der Waals surface area contributed by atoms with Crippen LogP contribution in [0.4, 0.5) is 10.1 Å². The largest absolute Gasteiger partial charge is 0.384 e. The van der Waals surface area contributed by atoms with Crippen LogP contribution in [0.3, 0.4) is 0 Å². The van der Waals surface area contributed by atoms with E-state index in [9.17, 15) is 9.18 Å². The molecule has 1 N–H and O–H groups in total. The lowest BCUT2D eigenvalue weighted by Crippen LogP contribution is -2.30. The third-order valence-electron chi connectivity index (χ3n) is 3.12. The maximum Gasteiger partial charge on any atom is 0.227 e. The number of carbonyl (C=O) groups excluding carboxylic acids is 1. The number of nitrogens with zero attached hydrogens (tertiary/aromatic N) is 1. The lowest BCUT2D eigenvalue weighted by atomic mass is 10.1. The molecule has 1 aliphatic rings. The minimum atomic E-state index is -0.395. The zero-order chi connectivity index (χ0) is 13.7. The fraction of sp³-hybridized carbons (Fsp3) is 0.400. The molecule has 1 fully saturated rings. The summed E-state index contributed by atoms with van der Waals surface area (Å²) in [5, 5.41) is 8.75. The Kier molecular flexibility index (Phi) is 4.53. The molecule has 0 aromatic heterocycles. The fourth-order valence-electron chi connectivity index (χ4n) is 2.22. The zero-order valence-electron chi connectivity index (χ0n) is 10.7. The summed E-state index contributed by atoms with van der Waals surface area (Å²) in [6.07, 6.45) is 3.38. The number of hydrogen-bond acceptors (Lipinski definition) is 2. The summed E-state index contributed by atoms with van der Waals surface area (Å²) in [6.45, 7) is 0.349. The van der Waals surface area contributed by atoms with Crippen molar-refractivity contribution in [2.75, 3.05) is 18.1 Å². The minimum Gasteiger partial charge on any atom is -0.384 e. The van der Waals surface area contributed by atoms with Crippen molar-refractivity contribution < 1.29 is 14.3 Å². The van der Waals surface area contributed by atoms with Crippen molar-refractivity contribution in [3.8, 4) is 11.8 Å². The molecule has 1 aromatic rings. The van der Waals surface area contributed by atoms with Gasteiger partial charge in [0.1, 0.15) is 12.4 Å². The van der Waals surface area contributed by atoms with Crippen molar-refractivity contribution in [2.24, 2.45) is 0 Å². The second-order valence-electron chi connectivity index (χ2n) is 4.48. The lowest BCUT2D eigenvalue weighted by molar-refractivity contribution is -0.118. The average molecular weight is 261 g/mol. The van der Waals surface area contributed by atoms with Gasteiger partial charge in [0, 0.05) is 13.0 Å². The van der Waals surface area contributed by atoms with E-state index >= 15 is 0 Å². The predicted molar refractivity (Wildman–Crippen MR) is 71.2 cm³/mol. The lowest BCUT2D eigenvalue weighted by Gasteiger charge is -2.22. The summed E-state index contributed by atoms with van der Waals surface area (Å²) in [7, 11) is 0. The molecule has 0 unspecified atom stereocenters. The molecule has 1 aliphatic heterocycles. The summed E-state index contributed by atoms with van der Waals surface area (Å²) in [5.74, 6) is 4.87. The summed E-state index contributed by atoms with van der Waals surface area (Å²) < 4.78 is 13.3. The van der Waals surface area contributed by atoms with E-state index in [1.165, 1.54) is 12.1 Å². The zero-order valence-corrected chi connectivity index (χ0v) is 10.7. The van der Waals surface area contributed by atoms with E-state index in [0.717, 1.165) is 19.3 Å². The van der Waals surface area contributed by atoms with Crippen molar-refractivity contribution in [1.29, 1.82) is 0 Å². The Morgan fingerprint density at radius 3 is 2.95 bits per heavy atom. The summed E-state index contributed by atoms with van der Waals surface area (Å²) in [4.78, 5) is 13.7. The number of amides is 1. The molecular formula is C15H16FNO2. The summed E-state index contributed by atoms with van der Waals surface area (Å²) in [6, 6.07) is 4.22. The second kappa shape index (κ2) is 6.35. The van der Waals surface area contributed by atoms with Crippen LogP contribution < -0.4 is 4.90 Å². The molecule has 100 valence electrons. The van der Waals surface area contributed by atoms with Crippen LogP contribution in [-0.4, -0.2) is 24.2 Å². The van der Waals surface area contributed by atoms with Gasteiger partial charge in [-0.2, -0.15) is 0 Å². The van der Waals surface area contributed by atoms with Crippen molar-refractivity contribution in [3.05, 3.63) is 29.6 Å². The molecule has 1 amide bonds. The molecule has 0 radical (unpaired) electrons. The molecule has 0 spiro atoms. The Morgan fingerprint density at radius 1 is 1.32 bits per heavy atom. The highest BCUT2D eigenvalue weighted by Gasteiger charge is 2.20. The first-order chi connectivity index (χ1) is 9.22. The highest BCUT2D eigenvalue weighted by Crippen LogP contribution is 2.24. The topological polar surface area (TPSA) is 40.5 Å². The fourth-order valence-corrected chi connectivity index (χ4v) is 2.22. The molecule has 0 atom stereocenters. The highest BCUT2D eigenvalue weighted by atomic mass is 19.1. The van der Waals surface area contributed by atoms with Gasteiger partial charge in [0.05, 0.1) is 11.3 Å². The van der Waals surface area contributed by atoms with Crippen LogP contribution in [-0.2, 0) is 4.79 Å². The third-order valence-corrected chi connectivity index (χ3v) is 3.12. The number of halogens is 1. The smallest absolute Gasteiger partial charge is 0.227 e. The van der Waals surface area contributed by atoms with Crippen molar-refractivity contribution >= 4 is 11.6 Å². The maximum atomic E-state index is 13.3. The monoisotopic (exact) mass is 261 g/mol. The first-order valence-electron chi connectivity index (χ1n) is 6.42. The number of hydrogen-bond donors (Lipinski definition) is 1. The van der Waals surface area contributed by atoms with Crippen LogP contribution in [0.25, 0.3) is 0 Å². The Bertz CT molecular complexity index is 531. The van der Waals surface area contributed by atoms with Gasteiger partial charge in [-0.15, -0.1) is 0 Å². The van der Waals surface area contributed by atoms with Crippen LogP contribution in [0.2, 0.25) is 0 Å². The van der Waals surface area contributed by atoms with Crippen LogP contribution in [0, 0.1) is 17.7 Å². The summed E-state index contributed by atoms with van der Waals surface area (Å²) >= 11 is 0. The average Bonchev–Trinajstić information content (AvgIpc) is 2.61. The van der Waals surface area contributed by atoms with Crippen LogP contribution in [0.1, 0.15) is 31.2 Å². The number of rotatable bonds is 1. The van der Waals surface area contributed by atoms with Gasteiger partial charge >= 0.3 is 0 Å². The van der Waals surface area contributed by atoms with E-state index in [2.05, 4.69) is 11.8 Å². The molecule has 1 saturated heterocycles. The molecule has 4 heteroatoms. The molecule has 19 heavy (non-hydrogen) atoms. The van der Waals surface area contributed by atoms with Crippen LogP contribution in [0.15, 0.2) is 18.2 Å². The van der Waals surface area contributed by atoms with Crippen molar-refractivity contribution in [1.82, 2.24) is 0 Å². The molecule has 1 heterocycles. The quantitative estimate of drug-likeness (QED) is 0.786. The number of benzene rings is 1. The predicted octanol–water partition coefficient (Wildman–Crippen LogP) is 2.08. The minimum absolute atomic E-state index is 0.0520. The van der Waals surface area contributed by atoms with Gasteiger partial charge in [0.25, 0.3) is 0 Å². The SMILES string of the molecule is O=C1CCCCCN1c1ccc(F)cc1C#CCO. The molecule has 0 saturated carbocycles. The number of aliphatic hydroxyl groups excluding tert-OH is 1. The van der Waals surface area contributed by atoms with E-state index in [4.69, 9.17) is 5.11 Å². The van der Waals surface area contributed by atoms with E-state index in [1.54, 1.807) is 11.0 Å². The van der Waals surface area contributed by atoms with Gasteiger partial charge < -0.3 is 10.0 Å². The number of aliphatic hydroxyl groups is 1. The molecular weight excluding hydrogens is 245 g/mol. The number of anilines is 1. The van der Waals surface area contributed by atoms with Crippen molar-refractivity contribution in [2.45, 2.75) is 25.7 Å². The third kappa shape index (κ3) is 3.33. The van der Waals surface area contributed by atoms with Gasteiger partial charge in [-0.05, 0) is 31.0 Å². The van der Waals surface area contributed by atoms with E-state index in [1.807, 2.05) is 0 Å². The van der Waals surface area contributed by atoms with E-state index < -0.39 is 5.82 Å². The first kappa shape index (κ1) is 13.6. The Hall–Kier alpha value is -1.86. The van der Waals surface area contributed by atoms with E-state index in [0.29, 0.717) is 24.2 Å². The highest BCUT2D eigenvalue weighted by molar-refractivity contribution is 5.94. The standard InChI is InChI=1S/C15H16FNO2/c16-13-7-8-14(12(11-13)5-4-10-18)17-9-3-1-2-6-15(17)19/h7-8,11,18H,1-3,6,9-10H2. The van der Waals surface area contributed by atoms with Crippen LogP contribution in [0.5, 0.6) is 0 Å². The Morgan fingerprint density at radius 2 is 2.16 bits per heavy atom. The second-order valence-corrected chi connectivity index (χ2v) is 4.48.